The second-order valence-corrected chi connectivity index (χ2v) is 6.71. The molecule has 1 aromatic rings. The Morgan fingerprint density at radius 2 is 1.74 bits per heavy atom. The van der Waals surface area contributed by atoms with Crippen LogP contribution in [-0.2, 0) is 4.79 Å². The van der Waals surface area contributed by atoms with Crippen LogP contribution in [0.3, 0.4) is 0 Å². The molecule has 11 heteroatoms. The third kappa shape index (κ3) is 4.33. The number of carbonyl (C=O) groups is 2. The van der Waals surface area contributed by atoms with Crippen LogP contribution in [0.4, 0.5) is 17.6 Å². The average Bonchev–Trinajstić information content (AvgIpc) is 2.59. The lowest BCUT2D eigenvalue weighted by Gasteiger charge is -2.41. The fraction of sp³-hybridized carbons (Fsp3) is 0.500. The number of alkyl halides is 3. The van der Waals surface area contributed by atoms with Gasteiger partial charge in [-0.15, -0.1) is 0 Å². The van der Waals surface area contributed by atoms with Gasteiger partial charge in [-0.1, -0.05) is 11.6 Å². The quantitative estimate of drug-likeness (QED) is 0.772. The predicted octanol–water partition coefficient (Wildman–Crippen LogP) is 1.92. The molecule has 2 amide bonds. The molecule has 0 bridgehead atoms. The Hall–Kier alpha value is -1.91. The van der Waals surface area contributed by atoms with Gasteiger partial charge >= 0.3 is 6.18 Å². The minimum atomic E-state index is -5.10. The highest BCUT2D eigenvalue weighted by atomic mass is 35.5. The summed E-state index contributed by atoms with van der Waals surface area (Å²) in [6, 6.07) is 3.59. The Balaban J connectivity index is 2.02. The lowest BCUT2D eigenvalue weighted by molar-refractivity contribution is -0.251. The van der Waals surface area contributed by atoms with Gasteiger partial charge in [-0.2, -0.15) is 13.2 Å². The summed E-state index contributed by atoms with van der Waals surface area (Å²) in [4.78, 5) is 25.3. The van der Waals surface area contributed by atoms with Crippen molar-refractivity contribution in [3.05, 3.63) is 34.6 Å². The number of amides is 2. The van der Waals surface area contributed by atoms with Gasteiger partial charge in [0.2, 0.25) is 5.60 Å². The van der Waals surface area contributed by atoms with Crippen LogP contribution in [0.25, 0.3) is 0 Å². The Morgan fingerprint density at radius 3 is 2.22 bits per heavy atom. The minimum absolute atomic E-state index is 0.0388. The number of benzene rings is 1. The lowest BCUT2D eigenvalue weighted by atomic mass is 10.0. The molecular formula is C16H18ClF4N3O3. The molecule has 0 saturated carbocycles. The molecule has 1 aliphatic heterocycles. The van der Waals surface area contributed by atoms with Crippen LogP contribution < -0.4 is 0 Å². The SMILES string of the molecule is CN(C(=O)c1ccc(Cl)cc1F)N1CCN(C(=O)C(C)(O)C(F)(F)F)CC1. The Bertz CT molecular complexity index is 734. The van der Waals surface area contributed by atoms with Gasteiger partial charge in [0.15, 0.2) is 0 Å². The maximum Gasteiger partial charge on any atom is 0.426 e. The smallest absolute Gasteiger partial charge is 0.373 e. The number of hydrazine groups is 1. The van der Waals surface area contributed by atoms with E-state index in [1.54, 1.807) is 0 Å². The zero-order chi connectivity index (χ0) is 20.6. The van der Waals surface area contributed by atoms with Gasteiger partial charge in [0, 0.05) is 38.2 Å². The van der Waals surface area contributed by atoms with E-state index in [0.29, 0.717) is 6.92 Å². The summed E-state index contributed by atoms with van der Waals surface area (Å²) in [6.45, 7) is 0.215. The molecule has 150 valence electrons. The summed E-state index contributed by atoms with van der Waals surface area (Å²) in [5.41, 5.74) is -3.69. The first-order valence-electron chi connectivity index (χ1n) is 7.92. The predicted molar refractivity (Wildman–Crippen MR) is 88.3 cm³/mol. The van der Waals surface area contributed by atoms with Gasteiger partial charge in [0.25, 0.3) is 11.8 Å². The third-order valence-electron chi connectivity index (χ3n) is 4.39. The first-order valence-corrected chi connectivity index (χ1v) is 8.30. The van der Waals surface area contributed by atoms with Crippen molar-refractivity contribution in [1.82, 2.24) is 14.9 Å². The first-order chi connectivity index (χ1) is 12.4. The maximum atomic E-state index is 13.9. The van der Waals surface area contributed by atoms with E-state index in [1.807, 2.05) is 0 Å². The monoisotopic (exact) mass is 411 g/mol. The van der Waals surface area contributed by atoms with E-state index in [1.165, 1.54) is 24.2 Å². The van der Waals surface area contributed by atoms with Crippen molar-refractivity contribution in [3.63, 3.8) is 0 Å². The number of hydrogen-bond acceptors (Lipinski definition) is 4. The molecule has 1 aromatic carbocycles. The number of halogens is 5. The molecule has 1 heterocycles. The average molecular weight is 412 g/mol. The van der Waals surface area contributed by atoms with Gasteiger partial charge in [0.05, 0.1) is 5.56 Å². The van der Waals surface area contributed by atoms with E-state index in [0.717, 1.165) is 16.0 Å². The Labute approximate surface area is 157 Å². The van der Waals surface area contributed by atoms with Crippen molar-refractivity contribution in [2.24, 2.45) is 0 Å². The van der Waals surface area contributed by atoms with E-state index in [-0.39, 0.29) is 36.8 Å². The second kappa shape index (κ2) is 7.61. The molecule has 1 unspecified atom stereocenters. The van der Waals surface area contributed by atoms with Gasteiger partial charge in [-0.3, -0.25) is 14.6 Å². The second-order valence-electron chi connectivity index (χ2n) is 6.27. The van der Waals surface area contributed by atoms with Crippen molar-refractivity contribution in [2.45, 2.75) is 18.7 Å². The van der Waals surface area contributed by atoms with Crippen LogP contribution in [0.5, 0.6) is 0 Å². The summed E-state index contributed by atoms with van der Waals surface area (Å²) >= 11 is 5.65. The highest BCUT2D eigenvalue weighted by Crippen LogP contribution is 2.32. The fourth-order valence-electron chi connectivity index (χ4n) is 2.59. The van der Waals surface area contributed by atoms with Crippen molar-refractivity contribution < 1.29 is 32.3 Å². The molecule has 1 fully saturated rings. The molecule has 6 nitrogen and oxygen atoms in total. The molecule has 1 atom stereocenters. The van der Waals surface area contributed by atoms with Gasteiger partial charge in [0.1, 0.15) is 5.82 Å². The summed E-state index contributed by atoms with van der Waals surface area (Å²) in [7, 11) is 1.39. The van der Waals surface area contributed by atoms with Crippen molar-refractivity contribution in [2.75, 3.05) is 33.2 Å². The number of hydrogen-bond donors (Lipinski definition) is 1. The Kier molecular flexibility index (Phi) is 6.03. The van der Waals surface area contributed by atoms with Crippen LogP contribution in [0.2, 0.25) is 5.02 Å². The summed E-state index contributed by atoms with van der Waals surface area (Å²) < 4.78 is 52.3. The van der Waals surface area contributed by atoms with Crippen molar-refractivity contribution in [1.29, 1.82) is 0 Å². The number of aliphatic hydroxyl groups is 1. The summed E-state index contributed by atoms with van der Waals surface area (Å²) in [5, 5.41) is 12.2. The zero-order valence-corrected chi connectivity index (χ0v) is 15.3. The summed E-state index contributed by atoms with van der Waals surface area (Å²) in [6.07, 6.45) is -5.10. The van der Waals surface area contributed by atoms with Crippen LogP contribution >= 0.6 is 11.6 Å². The number of nitrogens with zero attached hydrogens (tertiary/aromatic N) is 3. The molecule has 1 aliphatic rings. The largest absolute Gasteiger partial charge is 0.426 e. The number of rotatable bonds is 3. The van der Waals surface area contributed by atoms with E-state index >= 15 is 0 Å². The molecule has 0 radical (unpaired) electrons. The van der Waals surface area contributed by atoms with Crippen LogP contribution in [-0.4, -0.2) is 76.8 Å². The molecular weight excluding hydrogens is 394 g/mol. The Morgan fingerprint density at radius 1 is 1.19 bits per heavy atom. The highest BCUT2D eigenvalue weighted by molar-refractivity contribution is 6.30. The van der Waals surface area contributed by atoms with Gasteiger partial charge in [-0.05, 0) is 25.1 Å². The van der Waals surface area contributed by atoms with Crippen molar-refractivity contribution >= 4 is 23.4 Å². The third-order valence-corrected chi connectivity index (χ3v) is 4.63. The summed E-state index contributed by atoms with van der Waals surface area (Å²) in [5.74, 6) is -2.91. The standard InChI is InChI=1S/C16H18ClF4N3O3/c1-15(27,16(19,20)21)14(26)23-5-7-24(8-6-23)22(2)13(25)11-4-3-10(17)9-12(11)18/h3-4,9,27H,5-8H2,1-2H3. The van der Waals surface area contributed by atoms with E-state index in [4.69, 9.17) is 11.6 Å². The molecule has 1 saturated heterocycles. The first kappa shape index (κ1) is 21.4. The van der Waals surface area contributed by atoms with E-state index in [9.17, 15) is 32.3 Å². The van der Waals surface area contributed by atoms with Crippen molar-refractivity contribution in [3.8, 4) is 0 Å². The highest BCUT2D eigenvalue weighted by Gasteiger charge is 2.57. The molecule has 0 spiro atoms. The van der Waals surface area contributed by atoms with Gasteiger partial charge in [-0.25, -0.2) is 9.40 Å². The number of carbonyl (C=O) groups excluding carboxylic acids is 2. The fourth-order valence-corrected chi connectivity index (χ4v) is 2.75. The van der Waals surface area contributed by atoms with E-state index in [2.05, 4.69) is 0 Å². The van der Waals surface area contributed by atoms with E-state index < -0.39 is 29.4 Å². The molecule has 1 N–H and O–H groups in total. The minimum Gasteiger partial charge on any atom is -0.373 e. The molecule has 0 aromatic heterocycles. The normalized spacial score (nSPS) is 18.1. The molecule has 27 heavy (non-hydrogen) atoms. The maximum absolute atomic E-state index is 13.9. The number of piperazine rings is 1. The van der Waals surface area contributed by atoms with Gasteiger partial charge < -0.3 is 10.0 Å². The van der Waals surface area contributed by atoms with Crippen LogP contribution in [0.15, 0.2) is 18.2 Å². The lowest BCUT2D eigenvalue weighted by Crippen LogP contribution is -2.61. The topological polar surface area (TPSA) is 64.1 Å². The molecule has 2 rings (SSSR count). The molecule has 0 aliphatic carbocycles. The zero-order valence-electron chi connectivity index (χ0n) is 14.6. The van der Waals surface area contributed by atoms with Crippen LogP contribution in [0, 0.1) is 5.82 Å². The van der Waals surface area contributed by atoms with Crippen LogP contribution in [0.1, 0.15) is 17.3 Å².